The van der Waals surface area contributed by atoms with Crippen LogP contribution in [0, 0.1) is 6.92 Å². The smallest absolute Gasteiger partial charge is 0.253 e. The second-order valence-corrected chi connectivity index (χ2v) is 6.84. The molecule has 112 valence electrons. The summed E-state index contributed by atoms with van der Waals surface area (Å²) in [6, 6.07) is 9.36. The number of amides is 1. The van der Waals surface area contributed by atoms with Gasteiger partial charge in [0, 0.05) is 52.5 Å². The molecule has 1 heterocycles. The molecule has 5 heteroatoms. The normalized spacial score (nSPS) is 13.9. The van der Waals surface area contributed by atoms with Gasteiger partial charge in [0.15, 0.2) is 0 Å². The molecule has 4 nitrogen and oxygen atoms in total. The average molecular weight is 304 g/mol. The zero-order valence-corrected chi connectivity index (χ0v) is 13.6. The van der Waals surface area contributed by atoms with Crippen molar-refractivity contribution in [2.75, 3.05) is 19.1 Å². The molecule has 0 fully saturated rings. The van der Waals surface area contributed by atoms with Crippen LogP contribution >= 0.6 is 0 Å². The maximum absolute atomic E-state index is 12.5. The molecule has 0 bridgehead atoms. The monoisotopic (exact) mass is 304 g/mol. The molecule has 1 aromatic carbocycles. The standard InChI is InChI=1S/C16H20N2O2S/c1-11-5-6-13-9-14(7-8-15(13)17-11)16(19)18(3)12(2)10-21(4)20/h5-9,12H,10H2,1-4H3/t12-,21-/m1/s1. The van der Waals surface area contributed by atoms with E-state index in [0.29, 0.717) is 11.3 Å². The lowest BCUT2D eigenvalue weighted by atomic mass is 10.1. The van der Waals surface area contributed by atoms with E-state index in [1.807, 2.05) is 38.1 Å². The van der Waals surface area contributed by atoms with Gasteiger partial charge in [-0.1, -0.05) is 6.07 Å². The molecule has 0 unspecified atom stereocenters. The molecule has 0 saturated heterocycles. The van der Waals surface area contributed by atoms with Crippen molar-refractivity contribution in [2.45, 2.75) is 19.9 Å². The van der Waals surface area contributed by atoms with Crippen molar-refractivity contribution in [2.24, 2.45) is 0 Å². The lowest BCUT2D eigenvalue weighted by Gasteiger charge is -2.24. The van der Waals surface area contributed by atoms with Crippen molar-refractivity contribution >= 4 is 27.6 Å². The molecule has 0 aliphatic heterocycles. The molecule has 0 N–H and O–H groups in total. The molecule has 2 atom stereocenters. The van der Waals surface area contributed by atoms with Crippen molar-refractivity contribution < 1.29 is 9.00 Å². The Bertz CT molecular complexity index is 700. The first-order chi connectivity index (χ1) is 9.88. The second kappa shape index (κ2) is 6.35. The van der Waals surface area contributed by atoms with Gasteiger partial charge in [0.05, 0.1) is 5.52 Å². The van der Waals surface area contributed by atoms with E-state index >= 15 is 0 Å². The van der Waals surface area contributed by atoms with Crippen molar-refractivity contribution in [1.29, 1.82) is 0 Å². The zero-order valence-electron chi connectivity index (χ0n) is 12.8. The summed E-state index contributed by atoms with van der Waals surface area (Å²) >= 11 is 0. The highest BCUT2D eigenvalue weighted by molar-refractivity contribution is 7.84. The van der Waals surface area contributed by atoms with Crippen LogP contribution in [0.5, 0.6) is 0 Å². The van der Waals surface area contributed by atoms with E-state index in [-0.39, 0.29) is 11.9 Å². The number of nitrogens with zero attached hydrogens (tertiary/aromatic N) is 2. The minimum atomic E-state index is -0.918. The number of pyridine rings is 1. The van der Waals surface area contributed by atoms with Gasteiger partial charge in [0.1, 0.15) is 0 Å². The highest BCUT2D eigenvalue weighted by atomic mass is 32.2. The van der Waals surface area contributed by atoms with Crippen molar-refractivity contribution in [3.05, 3.63) is 41.6 Å². The van der Waals surface area contributed by atoms with Gasteiger partial charge >= 0.3 is 0 Å². The molecule has 0 radical (unpaired) electrons. The Hall–Kier alpha value is -1.75. The number of aromatic nitrogens is 1. The first kappa shape index (κ1) is 15.6. The summed E-state index contributed by atoms with van der Waals surface area (Å²) in [6.07, 6.45) is 1.65. The maximum atomic E-state index is 12.5. The number of hydrogen-bond donors (Lipinski definition) is 0. The van der Waals surface area contributed by atoms with Gasteiger partial charge in [0.2, 0.25) is 0 Å². The summed E-state index contributed by atoms with van der Waals surface area (Å²) in [5.74, 6) is 0.423. The van der Waals surface area contributed by atoms with Crippen LogP contribution in [-0.4, -0.2) is 45.1 Å². The van der Waals surface area contributed by atoms with Gasteiger partial charge in [-0.05, 0) is 38.1 Å². The molecule has 0 saturated carbocycles. The van der Waals surface area contributed by atoms with E-state index in [1.54, 1.807) is 24.3 Å². The van der Waals surface area contributed by atoms with E-state index in [1.165, 1.54) is 0 Å². The quantitative estimate of drug-likeness (QED) is 0.871. The van der Waals surface area contributed by atoms with Crippen LogP contribution in [-0.2, 0) is 10.8 Å². The Kier molecular flexibility index (Phi) is 4.73. The van der Waals surface area contributed by atoms with Crippen LogP contribution < -0.4 is 0 Å². The van der Waals surface area contributed by atoms with E-state index in [0.717, 1.165) is 16.6 Å². The van der Waals surface area contributed by atoms with E-state index in [9.17, 15) is 9.00 Å². The largest absolute Gasteiger partial charge is 0.338 e. The predicted octanol–water partition coefficient (Wildman–Crippen LogP) is 2.38. The fourth-order valence-corrected chi connectivity index (χ4v) is 3.12. The third-order valence-electron chi connectivity index (χ3n) is 3.53. The highest BCUT2D eigenvalue weighted by Crippen LogP contribution is 2.16. The molecule has 0 aliphatic rings. The van der Waals surface area contributed by atoms with Crippen LogP contribution in [0.25, 0.3) is 10.9 Å². The Labute approximate surface area is 127 Å². The van der Waals surface area contributed by atoms with Crippen LogP contribution in [0.1, 0.15) is 23.0 Å². The molecule has 2 aromatic rings. The minimum Gasteiger partial charge on any atom is -0.338 e. The first-order valence-corrected chi connectivity index (χ1v) is 8.56. The predicted molar refractivity (Wildman–Crippen MR) is 87.0 cm³/mol. The minimum absolute atomic E-state index is 0.0598. The van der Waals surface area contributed by atoms with Crippen LogP contribution in [0.4, 0.5) is 0 Å². The van der Waals surface area contributed by atoms with Crippen molar-refractivity contribution in [1.82, 2.24) is 9.88 Å². The molecule has 1 amide bonds. The third-order valence-corrected chi connectivity index (χ3v) is 4.48. The lowest BCUT2D eigenvalue weighted by Crippen LogP contribution is -2.38. The SMILES string of the molecule is Cc1ccc2cc(C(=O)N(C)[C@H](C)C[S@@](C)=O)ccc2n1. The van der Waals surface area contributed by atoms with Crippen LogP contribution in [0.2, 0.25) is 0 Å². The molecule has 0 spiro atoms. The molecular weight excluding hydrogens is 284 g/mol. The number of benzene rings is 1. The van der Waals surface area contributed by atoms with Gasteiger partial charge in [-0.15, -0.1) is 0 Å². The summed E-state index contributed by atoms with van der Waals surface area (Å²) in [7, 11) is 0.829. The molecular formula is C16H20N2O2S. The maximum Gasteiger partial charge on any atom is 0.253 e. The molecule has 21 heavy (non-hydrogen) atoms. The van der Waals surface area contributed by atoms with Gasteiger partial charge < -0.3 is 4.90 Å². The van der Waals surface area contributed by atoms with E-state index < -0.39 is 10.8 Å². The summed E-state index contributed by atoms with van der Waals surface area (Å²) in [4.78, 5) is 18.6. The summed E-state index contributed by atoms with van der Waals surface area (Å²) in [5.41, 5.74) is 2.47. The number of hydrogen-bond acceptors (Lipinski definition) is 3. The zero-order chi connectivity index (χ0) is 15.6. The average Bonchev–Trinajstić information content (AvgIpc) is 2.44. The second-order valence-electron chi connectivity index (χ2n) is 5.37. The number of rotatable bonds is 4. The summed E-state index contributed by atoms with van der Waals surface area (Å²) < 4.78 is 11.3. The van der Waals surface area contributed by atoms with Gasteiger partial charge in [-0.2, -0.15) is 0 Å². The Morgan fingerprint density at radius 1 is 1.33 bits per heavy atom. The molecule has 0 aliphatic carbocycles. The van der Waals surface area contributed by atoms with Gasteiger partial charge in [0.25, 0.3) is 5.91 Å². The number of fused-ring (bicyclic) bond motifs is 1. The Morgan fingerprint density at radius 2 is 2.05 bits per heavy atom. The highest BCUT2D eigenvalue weighted by Gasteiger charge is 2.18. The van der Waals surface area contributed by atoms with Gasteiger partial charge in [-0.25, -0.2) is 0 Å². The Morgan fingerprint density at radius 3 is 2.71 bits per heavy atom. The summed E-state index contributed by atoms with van der Waals surface area (Å²) in [6.45, 7) is 3.85. The van der Waals surface area contributed by atoms with Crippen LogP contribution in [0.15, 0.2) is 30.3 Å². The van der Waals surface area contributed by atoms with Crippen LogP contribution in [0.3, 0.4) is 0 Å². The molecule has 2 rings (SSSR count). The topological polar surface area (TPSA) is 50.3 Å². The van der Waals surface area contributed by atoms with Crippen molar-refractivity contribution in [3.8, 4) is 0 Å². The molecule has 1 aromatic heterocycles. The Balaban J connectivity index is 2.26. The number of carbonyl (C=O) groups is 1. The number of aryl methyl sites for hydroxylation is 1. The van der Waals surface area contributed by atoms with Crippen molar-refractivity contribution in [3.63, 3.8) is 0 Å². The van der Waals surface area contributed by atoms with E-state index in [4.69, 9.17) is 0 Å². The first-order valence-electron chi connectivity index (χ1n) is 6.83. The fraction of sp³-hybridized carbons (Fsp3) is 0.375. The lowest BCUT2D eigenvalue weighted by molar-refractivity contribution is 0.0757. The van der Waals surface area contributed by atoms with Gasteiger partial charge in [-0.3, -0.25) is 14.0 Å². The summed E-state index contributed by atoms with van der Waals surface area (Å²) in [5, 5.41) is 0.951. The number of carbonyl (C=O) groups excluding carboxylic acids is 1. The third kappa shape index (κ3) is 3.67. The van der Waals surface area contributed by atoms with E-state index in [2.05, 4.69) is 4.98 Å². The fourth-order valence-electron chi connectivity index (χ4n) is 2.22.